The van der Waals surface area contributed by atoms with E-state index in [-0.39, 0.29) is 17.4 Å². The molecule has 1 aromatic carbocycles. The van der Waals surface area contributed by atoms with E-state index < -0.39 is 0 Å². The number of rotatable bonds is 2. The predicted molar refractivity (Wildman–Crippen MR) is 123 cm³/mol. The maximum Gasteiger partial charge on any atom is 0.227 e. The number of piperidine rings is 1. The van der Waals surface area contributed by atoms with Crippen molar-refractivity contribution >= 4 is 39.9 Å². The van der Waals surface area contributed by atoms with Crippen molar-refractivity contribution < 1.29 is 9.90 Å². The molecule has 7 heteroatoms. The smallest absolute Gasteiger partial charge is 0.227 e. The summed E-state index contributed by atoms with van der Waals surface area (Å²) in [4.78, 5) is 22.5. The summed E-state index contributed by atoms with van der Waals surface area (Å²) in [5.74, 6) is 1.02. The number of nitrogens with one attached hydrogen (secondary N) is 2. The standard InChI is InChI=1S/C24H25ClN4O2/c25-21-17(12-27-23-20(21)24(13-28-23)8-7-14(30)10-24)16-11-26-22-15(16)4-3-5-18(22)29-9-2-1-6-19(29)31/h3-5,11-12,14,26,30H,1-2,6-10,13H2,(H,27,28)/t14-,24-/m0/s1. The van der Waals surface area contributed by atoms with Gasteiger partial charge in [-0.3, -0.25) is 4.79 Å². The van der Waals surface area contributed by atoms with Gasteiger partial charge >= 0.3 is 0 Å². The van der Waals surface area contributed by atoms with Gasteiger partial charge in [-0.2, -0.15) is 0 Å². The Hall–Kier alpha value is -2.57. The van der Waals surface area contributed by atoms with Crippen molar-refractivity contribution in [2.24, 2.45) is 0 Å². The first-order valence-electron chi connectivity index (χ1n) is 11.1. The second-order valence-corrected chi connectivity index (χ2v) is 9.52. The fraction of sp³-hybridized carbons (Fsp3) is 0.417. The Morgan fingerprint density at radius 2 is 2.16 bits per heavy atom. The molecule has 160 valence electrons. The molecule has 1 amide bonds. The molecule has 1 spiro atoms. The number of amides is 1. The number of hydrogen-bond acceptors (Lipinski definition) is 4. The van der Waals surface area contributed by atoms with Crippen LogP contribution in [0.1, 0.15) is 44.1 Å². The molecule has 2 aliphatic heterocycles. The molecule has 2 atom stereocenters. The summed E-state index contributed by atoms with van der Waals surface area (Å²) in [5, 5.41) is 15.4. The lowest BCUT2D eigenvalue weighted by atomic mass is 9.80. The van der Waals surface area contributed by atoms with Crippen LogP contribution in [0.15, 0.2) is 30.6 Å². The number of pyridine rings is 1. The van der Waals surface area contributed by atoms with Crippen molar-refractivity contribution in [3.05, 3.63) is 41.2 Å². The number of H-pyrrole nitrogens is 1. The van der Waals surface area contributed by atoms with Crippen LogP contribution in [0.25, 0.3) is 22.0 Å². The summed E-state index contributed by atoms with van der Waals surface area (Å²) in [5.41, 5.74) is 4.65. The van der Waals surface area contributed by atoms with E-state index >= 15 is 0 Å². The van der Waals surface area contributed by atoms with Crippen molar-refractivity contribution in [2.75, 3.05) is 23.3 Å². The summed E-state index contributed by atoms with van der Waals surface area (Å²) in [6.45, 7) is 1.52. The molecule has 3 aromatic rings. The normalized spacial score (nSPS) is 25.4. The van der Waals surface area contributed by atoms with E-state index in [1.54, 1.807) is 0 Å². The van der Waals surface area contributed by atoms with Crippen molar-refractivity contribution in [3.8, 4) is 11.1 Å². The fourth-order valence-corrected chi connectivity index (χ4v) is 6.21. The molecule has 31 heavy (non-hydrogen) atoms. The number of aromatic amines is 1. The Morgan fingerprint density at radius 3 is 2.97 bits per heavy atom. The second kappa shape index (κ2) is 6.97. The monoisotopic (exact) mass is 436 g/mol. The molecule has 4 heterocycles. The minimum atomic E-state index is -0.287. The number of carbonyl (C=O) groups is 1. The summed E-state index contributed by atoms with van der Waals surface area (Å²) >= 11 is 7.03. The van der Waals surface area contributed by atoms with Gasteiger partial charge in [-0.1, -0.05) is 23.7 Å². The lowest BCUT2D eigenvalue weighted by molar-refractivity contribution is -0.119. The summed E-state index contributed by atoms with van der Waals surface area (Å²) in [6.07, 6.45) is 8.52. The van der Waals surface area contributed by atoms with Crippen LogP contribution >= 0.6 is 11.6 Å². The predicted octanol–water partition coefficient (Wildman–Crippen LogP) is 4.61. The van der Waals surface area contributed by atoms with Crippen molar-refractivity contribution in [2.45, 2.75) is 50.0 Å². The molecule has 6 nitrogen and oxygen atoms in total. The fourth-order valence-electron chi connectivity index (χ4n) is 5.77. The first kappa shape index (κ1) is 19.1. The summed E-state index contributed by atoms with van der Waals surface area (Å²) in [6, 6.07) is 6.07. The summed E-state index contributed by atoms with van der Waals surface area (Å²) < 4.78 is 0. The highest BCUT2D eigenvalue weighted by Crippen LogP contribution is 2.52. The summed E-state index contributed by atoms with van der Waals surface area (Å²) in [7, 11) is 0. The number of aliphatic hydroxyl groups is 1. The zero-order chi connectivity index (χ0) is 21.2. The molecule has 2 aromatic heterocycles. The number of aromatic nitrogens is 2. The average molecular weight is 437 g/mol. The number of para-hydroxylation sites is 1. The first-order valence-corrected chi connectivity index (χ1v) is 11.5. The van der Waals surface area contributed by atoms with Crippen LogP contribution in [0.2, 0.25) is 5.02 Å². The van der Waals surface area contributed by atoms with Gasteiger partial charge in [0.05, 0.1) is 22.3 Å². The topological polar surface area (TPSA) is 81.2 Å². The SMILES string of the molecule is O=C1CCCCN1c1cccc2c(-c3cnc4c(c3Cl)[C@]3(CC[C@H](O)C3)CN4)c[nH]c12. The Kier molecular flexibility index (Phi) is 4.30. The van der Waals surface area contributed by atoms with E-state index in [1.807, 2.05) is 29.4 Å². The van der Waals surface area contributed by atoms with Gasteiger partial charge in [0.15, 0.2) is 0 Å². The van der Waals surface area contributed by atoms with Crippen LogP contribution in [0, 0.1) is 0 Å². The lowest BCUT2D eigenvalue weighted by Gasteiger charge is -2.27. The van der Waals surface area contributed by atoms with Gasteiger partial charge in [0.25, 0.3) is 0 Å². The quantitative estimate of drug-likeness (QED) is 0.548. The highest BCUT2D eigenvalue weighted by atomic mass is 35.5. The number of benzene rings is 1. The molecule has 3 aliphatic rings. The second-order valence-electron chi connectivity index (χ2n) is 9.14. The van der Waals surface area contributed by atoms with Crippen molar-refractivity contribution in [1.29, 1.82) is 0 Å². The molecule has 0 bridgehead atoms. The molecule has 1 aliphatic carbocycles. The maximum atomic E-state index is 12.5. The van der Waals surface area contributed by atoms with Crippen LogP contribution in [0.3, 0.4) is 0 Å². The number of carbonyl (C=O) groups excluding carboxylic acids is 1. The number of anilines is 2. The Bertz CT molecular complexity index is 1200. The molecule has 0 unspecified atom stereocenters. The molecule has 1 saturated carbocycles. The highest BCUT2D eigenvalue weighted by Gasteiger charge is 2.47. The number of fused-ring (bicyclic) bond motifs is 3. The van der Waals surface area contributed by atoms with Gasteiger partial charge in [0.2, 0.25) is 5.91 Å². The van der Waals surface area contributed by atoms with E-state index in [9.17, 15) is 9.90 Å². The van der Waals surface area contributed by atoms with Crippen LogP contribution in [-0.4, -0.2) is 40.2 Å². The number of aliphatic hydroxyl groups excluding tert-OH is 1. The van der Waals surface area contributed by atoms with E-state index in [2.05, 4.69) is 16.4 Å². The third kappa shape index (κ3) is 2.81. The van der Waals surface area contributed by atoms with Gasteiger partial charge in [0, 0.05) is 59.4 Å². The Morgan fingerprint density at radius 1 is 1.26 bits per heavy atom. The van der Waals surface area contributed by atoms with Crippen LogP contribution < -0.4 is 10.2 Å². The lowest BCUT2D eigenvalue weighted by Crippen LogP contribution is -2.35. The van der Waals surface area contributed by atoms with Crippen molar-refractivity contribution in [1.82, 2.24) is 9.97 Å². The third-order valence-electron chi connectivity index (χ3n) is 7.32. The average Bonchev–Trinajstić information content (AvgIpc) is 3.47. The molecule has 1 saturated heterocycles. The molecular weight excluding hydrogens is 412 g/mol. The van der Waals surface area contributed by atoms with Gasteiger partial charge < -0.3 is 20.3 Å². The first-order chi connectivity index (χ1) is 15.1. The zero-order valence-electron chi connectivity index (χ0n) is 17.2. The third-order valence-corrected chi connectivity index (χ3v) is 7.71. The highest BCUT2D eigenvalue weighted by molar-refractivity contribution is 6.35. The Balaban J connectivity index is 1.48. The van der Waals surface area contributed by atoms with E-state index in [0.29, 0.717) is 17.9 Å². The molecule has 6 rings (SSSR count). The number of nitrogens with zero attached hydrogens (tertiary/aromatic N) is 2. The molecular formula is C24H25ClN4O2. The molecule has 0 radical (unpaired) electrons. The van der Waals surface area contributed by atoms with Crippen LogP contribution in [0.5, 0.6) is 0 Å². The number of hydrogen-bond donors (Lipinski definition) is 3. The molecule has 2 fully saturated rings. The minimum Gasteiger partial charge on any atom is -0.393 e. The maximum absolute atomic E-state index is 12.5. The Labute approximate surface area is 185 Å². The van der Waals surface area contributed by atoms with Crippen molar-refractivity contribution in [3.63, 3.8) is 0 Å². The number of halogens is 1. The van der Waals surface area contributed by atoms with Gasteiger partial charge in [-0.15, -0.1) is 0 Å². The minimum absolute atomic E-state index is 0.146. The molecule has 3 N–H and O–H groups in total. The van der Waals surface area contributed by atoms with Gasteiger partial charge in [-0.25, -0.2) is 4.98 Å². The van der Waals surface area contributed by atoms with Crippen LogP contribution in [-0.2, 0) is 10.2 Å². The largest absolute Gasteiger partial charge is 0.393 e. The van der Waals surface area contributed by atoms with E-state index in [1.165, 1.54) is 0 Å². The van der Waals surface area contributed by atoms with E-state index in [0.717, 1.165) is 77.9 Å². The van der Waals surface area contributed by atoms with Gasteiger partial charge in [-0.05, 0) is 38.2 Å². The van der Waals surface area contributed by atoms with Gasteiger partial charge in [0.1, 0.15) is 5.82 Å². The van der Waals surface area contributed by atoms with Crippen LogP contribution in [0.4, 0.5) is 11.5 Å². The van der Waals surface area contributed by atoms with E-state index in [4.69, 9.17) is 16.6 Å². The zero-order valence-corrected chi connectivity index (χ0v) is 18.0.